The number of oxazole rings is 1. The van der Waals surface area contributed by atoms with Crippen molar-refractivity contribution in [1.82, 2.24) is 15.2 Å². The number of fused-ring (bicyclic) bond motifs is 1. The van der Waals surface area contributed by atoms with Crippen molar-refractivity contribution in [2.45, 2.75) is 13.0 Å². The molecule has 7 nitrogen and oxygen atoms in total. The number of benzene rings is 2. The predicted octanol–water partition coefficient (Wildman–Crippen LogP) is 3.00. The SMILES string of the molecule is O=C(Cc1n[nH]c(=O)c2ccccc12)OCc1ncc(-c2ccc(F)cc2)o1. The highest BCUT2D eigenvalue weighted by atomic mass is 19.1. The van der Waals surface area contributed by atoms with Crippen molar-refractivity contribution in [3.63, 3.8) is 0 Å². The molecule has 8 heteroatoms. The van der Waals surface area contributed by atoms with Gasteiger partial charge in [0.25, 0.3) is 5.56 Å². The van der Waals surface area contributed by atoms with E-state index in [0.717, 1.165) is 0 Å². The molecular formula is C20H14FN3O4. The number of carbonyl (C=O) groups excluding carboxylic acids is 1. The summed E-state index contributed by atoms with van der Waals surface area (Å²) in [6, 6.07) is 12.7. The van der Waals surface area contributed by atoms with E-state index in [1.165, 1.54) is 18.3 Å². The molecule has 28 heavy (non-hydrogen) atoms. The van der Waals surface area contributed by atoms with Gasteiger partial charge in [0, 0.05) is 10.9 Å². The van der Waals surface area contributed by atoms with Gasteiger partial charge in [0.1, 0.15) is 5.82 Å². The lowest BCUT2D eigenvalue weighted by molar-refractivity contribution is -0.144. The Labute approximate surface area is 157 Å². The lowest BCUT2D eigenvalue weighted by atomic mass is 10.1. The van der Waals surface area contributed by atoms with E-state index in [-0.39, 0.29) is 30.3 Å². The summed E-state index contributed by atoms with van der Waals surface area (Å²) in [5, 5.41) is 7.37. The molecule has 0 saturated carbocycles. The summed E-state index contributed by atoms with van der Waals surface area (Å²) in [6.45, 7) is -0.151. The number of hydrogen-bond acceptors (Lipinski definition) is 6. The molecule has 2 aromatic heterocycles. The summed E-state index contributed by atoms with van der Waals surface area (Å²) in [5.41, 5.74) is 0.760. The number of H-pyrrole nitrogens is 1. The third kappa shape index (κ3) is 3.66. The second kappa shape index (κ2) is 7.43. The summed E-state index contributed by atoms with van der Waals surface area (Å²) in [6.07, 6.45) is 1.37. The minimum absolute atomic E-state index is 0.108. The largest absolute Gasteiger partial charge is 0.455 e. The van der Waals surface area contributed by atoms with Crippen LogP contribution >= 0.6 is 0 Å². The van der Waals surface area contributed by atoms with Crippen molar-refractivity contribution in [3.05, 3.63) is 82.5 Å². The first-order valence-electron chi connectivity index (χ1n) is 8.43. The lowest BCUT2D eigenvalue weighted by Crippen LogP contribution is -2.15. The van der Waals surface area contributed by atoms with Crippen LogP contribution in [0, 0.1) is 5.82 Å². The van der Waals surface area contributed by atoms with Crippen molar-refractivity contribution in [3.8, 4) is 11.3 Å². The molecule has 140 valence electrons. The van der Waals surface area contributed by atoms with Gasteiger partial charge in [-0.1, -0.05) is 18.2 Å². The molecular weight excluding hydrogens is 365 g/mol. The molecule has 0 unspecified atom stereocenters. The van der Waals surface area contributed by atoms with Crippen LogP contribution < -0.4 is 5.56 Å². The quantitative estimate of drug-likeness (QED) is 0.535. The second-order valence-corrected chi connectivity index (χ2v) is 6.01. The Morgan fingerprint density at radius 2 is 1.86 bits per heavy atom. The van der Waals surface area contributed by atoms with Crippen molar-refractivity contribution < 1.29 is 18.3 Å². The molecule has 0 amide bonds. The average molecular weight is 379 g/mol. The second-order valence-electron chi connectivity index (χ2n) is 6.01. The maximum Gasteiger partial charge on any atom is 0.312 e. The van der Waals surface area contributed by atoms with Gasteiger partial charge in [-0.25, -0.2) is 14.5 Å². The van der Waals surface area contributed by atoms with Crippen LogP contribution in [0.25, 0.3) is 22.1 Å². The van der Waals surface area contributed by atoms with Gasteiger partial charge in [0.15, 0.2) is 12.4 Å². The molecule has 0 spiro atoms. The fourth-order valence-electron chi connectivity index (χ4n) is 2.76. The monoisotopic (exact) mass is 379 g/mol. The summed E-state index contributed by atoms with van der Waals surface area (Å²) in [4.78, 5) is 28.0. The van der Waals surface area contributed by atoms with Crippen LogP contribution in [-0.2, 0) is 22.6 Å². The first-order valence-corrected chi connectivity index (χ1v) is 8.43. The average Bonchev–Trinajstić information content (AvgIpc) is 3.18. The standard InChI is InChI=1S/C20H14FN3O4/c21-13-7-5-12(6-8-13)17-10-22-18(28-17)11-27-19(25)9-16-14-3-1-2-4-15(14)20(26)24-23-16/h1-8,10H,9,11H2,(H,24,26). The Kier molecular flexibility index (Phi) is 4.67. The van der Waals surface area contributed by atoms with E-state index < -0.39 is 5.97 Å². The van der Waals surface area contributed by atoms with Gasteiger partial charge in [-0.05, 0) is 30.3 Å². The first kappa shape index (κ1) is 17.6. The molecule has 4 rings (SSSR count). The van der Waals surface area contributed by atoms with Crippen LogP contribution in [0.1, 0.15) is 11.6 Å². The molecule has 0 aliphatic heterocycles. The first-order chi connectivity index (χ1) is 13.6. The third-order valence-corrected chi connectivity index (χ3v) is 4.13. The topological polar surface area (TPSA) is 98.1 Å². The van der Waals surface area contributed by atoms with Gasteiger partial charge < -0.3 is 9.15 Å². The van der Waals surface area contributed by atoms with Gasteiger partial charge in [-0.15, -0.1) is 0 Å². The Morgan fingerprint density at radius 1 is 1.11 bits per heavy atom. The maximum absolute atomic E-state index is 13.0. The molecule has 0 bridgehead atoms. The predicted molar refractivity (Wildman–Crippen MR) is 97.8 cm³/mol. The van der Waals surface area contributed by atoms with Crippen LogP contribution in [-0.4, -0.2) is 21.2 Å². The number of rotatable bonds is 5. The molecule has 2 aromatic carbocycles. The lowest BCUT2D eigenvalue weighted by Gasteiger charge is -2.05. The molecule has 1 N–H and O–H groups in total. The van der Waals surface area contributed by atoms with Crippen LogP contribution in [0.2, 0.25) is 0 Å². The number of ether oxygens (including phenoxy) is 1. The number of esters is 1. The Bertz CT molecular complexity index is 1200. The summed E-state index contributed by atoms with van der Waals surface area (Å²) < 4.78 is 23.7. The van der Waals surface area contributed by atoms with Gasteiger partial charge in [0.2, 0.25) is 5.89 Å². The van der Waals surface area contributed by atoms with Crippen molar-refractivity contribution >= 4 is 16.7 Å². The van der Waals surface area contributed by atoms with E-state index in [0.29, 0.717) is 27.8 Å². The Balaban J connectivity index is 1.42. The number of nitrogens with one attached hydrogen (secondary N) is 1. The van der Waals surface area contributed by atoms with Crippen LogP contribution in [0.4, 0.5) is 4.39 Å². The normalized spacial score (nSPS) is 10.9. The highest BCUT2D eigenvalue weighted by molar-refractivity contribution is 5.86. The van der Waals surface area contributed by atoms with Crippen LogP contribution in [0.3, 0.4) is 0 Å². The van der Waals surface area contributed by atoms with Crippen molar-refractivity contribution in [1.29, 1.82) is 0 Å². The number of carbonyl (C=O) groups is 1. The fraction of sp³-hybridized carbons (Fsp3) is 0.100. The molecule has 0 radical (unpaired) electrons. The molecule has 0 aliphatic rings. The van der Waals surface area contributed by atoms with Gasteiger partial charge >= 0.3 is 5.97 Å². The van der Waals surface area contributed by atoms with E-state index >= 15 is 0 Å². The van der Waals surface area contributed by atoms with Gasteiger partial charge in [-0.3, -0.25) is 9.59 Å². The van der Waals surface area contributed by atoms with Crippen LogP contribution in [0.15, 0.2) is 63.9 Å². The highest BCUT2D eigenvalue weighted by Gasteiger charge is 2.14. The van der Waals surface area contributed by atoms with E-state index in [1.54, 1.807) is 36.4 Å². The van der Waals surface area contributed by atoms with E-state index in [4.69, 9.17) is 9.15 Å². The molecule has 0 fully saturated rings. The van der Waals surface area contributed by atoms with Gasteiger partial charge in [-0.2, -0.15) is 5.10 Å². The molecule has 4 aromatic rings. The number of aromatic nitrogens is 3. The molecule has 0 saturated heterocycles. The molecule has 0 atom stereocenters. The number of nitrogens with zero attached hydrogens (tertiary/aromatic N) is 2. The Morgan fingerprint density at radius 3 is 2.64 bits per heavy atom. The van der Waals surface area contributed by atoms with Crippen molar-refractivity contribution in [2.75, 3.05) is 0 Å². The number of halogens is 1. The van der Waals surface area contributed by atoms with Crippen molar-refractivity contribution in [2.24, 2.45) is 0 Å². The van der Waals surface area contributed by atoms with Crippen LogP contribution in [0.5, 0.6) is 0 Å². The van der Waals surface area contributed by atoms with E-state index in [1.807, 2.05) is 0 Å². The smallest absolute Gasteiger partial charge is 0.312 e. The minimum atomic E-state index is -0.536. The molecule has 0 aliphatic carbocycles. The summed E-state index contributed by atoms with van der Waals surface area (Å²) in [7, 11) is 0. The summed E-state index contributed by atoms with van der Waals surface area (Å²) >= 11 is 0. The molecule has 2 heterocycles. The maximum atomic E-state index is 13.0. The Hall–Kier alpha value is -3.81. The summed E-state index contributed by atoms with van der Waals surface area (Å²) in [5.74, 6) is -0.224. The fourth-order valence-corrected chi connectivity index (χ4v) is 2.76. The minimum Gasteiger partial charge on any atom is -0.455 e. The van der Waals surface area contributed by atoms with E-state index in [9.17, 15) is 14.0 Å². The van der Waals surface area contributed by atoms with Gasteiger partial charge in [0.05, 0.1) is 23.7 Å². The third-order valence-electron chi connectivity index (χ3n) is 4.13. The van der Waals surface area contributed by atoms with E-state index in [2.05, 4.69) is 15.2 Å². The zero-order chi connectivity index (χ0) is 19.5. The zero-order valence-corrected chi connectivity index (χ0v) is 14.5. The number of hydrogen-bond donors (Lipinski definition) is 1. The number of aromatic amines is 1. The zero-order valence-electron chi connectivity index (χ0n) is 14.5. The highest BCUT2D eigenvalue weighted by Crippen LogP contribution is 2.21.